The van der Waals surface area contributed by atoms with E-state index in [9.17, 15) is 28.2 Å². The van der Waals surface area contributed by atoms with Crippen molar-refractivity contribution in [1.82, 2.24) is 9.97 Å². The Morgan fingerprint density at radius 3 is 2.57 bits per heavy atom. The number of nitrogens with one attached hydrogen (secondary N) is 1. The molecule has 1 aliphatic carbocycles. The first-order valence-corrected chi connectivity index (χ1v) is 11.1. The third-order valence-corrected chi connectivity index (χ3v) is 6.69. The summed E-state index contributed by atoms with van der Waals surface area (Å²) in [6.07, 6.45) is 2.10. The lowest BCUT2D eigenvalue weighted by molar-refractivity contribution is -0.146. The van der Waals surface area contributed by atoms with Crippen LogP contribution in [-0.2, 0) is 0 Å². The molecule has 5 N–H and O–H groups in total. The van der Waals surface area contributed by atoms with Crippen molar-refractivity contribution < 1.29 is 28.2 Å². The van der Waals surface area contributed by atoms with Gasteiger partial charge < -0.3 is 21.3 Å². The Kier molecular flexibility index (Phi) is 6.77. The molecule has 2 heterocycles. The highest BCUT2D eigenvalue weighted by Crippen LogP contribution is 2.44. The van der Waals surface area contributed by atoms with Crippen molar-refractivity contribution in [3.63, 3.8) is 0 Å². The zero-order chi connectivity index (χ0) is 25.3. The second-order valence-corrected chi connectivity index (χ2v) is 8.86. The molecule has 0 saturated heterocycles. The Bertz CT molecular complexity index is 1220. The quantitative estimate of drug-likeness (QED) is 0.435. The van der Waals surface area contributed by atoms with Gasteiger partial charge in [-0.25, -0.2) is 18.2 Å². The van der Waals surface area contributed by atoms with Crippen LogP contribution in [0.1, 0.15) is 41.7 Å². The first-order valence-electron chi connectivity index (χ1n) is 11.1. The lowest BCUT2D eigenvalue weighted by atomic mass is 9.68. The number of carbonyl (C=O) groups excluding carboxylic acids is 1. The number of aliphatic hydroxyl groups excluding tert-OH is 1. The maximum atomic E-state index is 14.2. The van der Waals surface area contributed by atoms with Gasteiger partial charge >= 0.3 is 0 Å². The normalized spacial score (nSPS) is 24.2. The zero-order valence-electron chi connectivity index (χ0n) is 18.9. The minimum absolute atomic E-state index is 0.00292. The van der Waals surface area contributed by atoms with Gasteiger partial charge in [-0.3, -0.25) is 9.78 Å². The predicted octanol–water partition coefficient (Wildman–Crippen LogP) is 3.83. The van der Waals surface area contributed by atoms with Gasteiger partial charge in [-0.1, -0.05) is 13.0 Å². The Balaban J connectivity index is 1.63. The second kappa shape index (κ2) is 9.63. The van der Waals surface area contributed by atoms with E-state index < -0.39 is 41.8 Å². The lowest BCUT2D eigenvalue weighted by Crippen LogP contribution is -2.53. The van der Waals surface area contributed by atoms with Gasteiger partial charge in [0, 0.05) is 6.20 Å². The largest absolute Gasteiger partial charge is 0.397 e. The number of anilines is 2. The minimum Gasteiger partial charge on any atom is -0.397 e. The number of hydrogen-bond acceptors (Lipinski definition) is 6. The van der Waals surface area contributed by atoms with Gasteiger partial charge in [0.15, 0.2) is 5.69 Å². The number of pyridine rings is 2. The summed E-state index contributed by atoms with van der Waals surface area (Å²) in [5.74, 6) is -3.22. The van der Waals surface area contributed by atoms with Gasteiger partial charge in [0.1, 0.15) is 23.9 Å². The minimum atomic E-state index is -1.83. The summed E-state index contributed by atoms with van der Waals surface area (Å²) in [4.78, 5) is 21.2. The number of amides is 1. The van der Waals surface area contributed by atoms with Gasteiger partial charge in [0.05, 0.1) is 34.9 Å². The van der Waals surface area contributed by atoms with Crippen LogP contribution in [0.2, 0.25) is 0 Å². The average molecular weight is 486 g/mol. The number of rotatable bonds is 5. The van der Waals surface area contributed by atoms with E-state index in [2.05, 4.69) is 15.3 Å². The summed E-state index contributed by atoms with van der Waals surface area (Å²) >= 11 is 0. The molecule has 1 amide bonds. The van der Waals surface area contributed by atoms with Crippen LogP contribution in [0.4, 0.5) is 24.5 Å². The summed E-state index contributed by atoms with van der Waals surface area (Å²) < 4.78 is 41.9. The topological polar surface area (TPSA) is 121 Å². The molecular weight excluding hydrogens is 461 g/mol. The Hall–Kier alpha value is -3.50. The highest BCUT2D eigenvalue weighted by atomic mass is 19.1. The monoisotopic (exact) mass is 486 g/mol. The number of alkyl halides is 1. The summed E-state index contributed by atoms with van der Waals surface area (Å²) in [7, 11) is 0. The third-order valence-electron chi connectivity index (χ3n) is 6.69. The maximum Gasteiger partial charge on any atom is 0.276 e. The van der Waals surface area contributed by atoms with Crippen molar-refractivity contribution >= 4 is 17.3 Å². The van der Waals surface area contributed by atoms with Crippen LogP contribution in [0.25, 0.3) is 11.3 Å². The number of benzene rings is 1. The first-order chi connectivity index (χ1) is 16.7. The lowest BCUT2D eigenvalue weighted by Gasteiger charge is -2.43. The van der Waals surface area contributed by atoms with Crippen molar-refractivity contribution in [3.05, 3.63) is 71.7 Å². The van der Waals surface area contributed by atoms with Crippen LogP contribution in [0.3, 0.4) is 0 Å². The molecular formula is C25H25F3N4O3. The Morgan fingerprint density at radius 1 is 1.20 bits per heavy atom. The molecule has 10 heteroatoms. The van der Waals surface area contributed by atoms with Crippen LogP contribution in [0.15, 0.2) is 48.8 Å². The number of carbonyl (C=O) groups is 1. The number of nitrogen functional groups attached to an aromatic ring is 1. The van der Waals surface area contributed by atoms with Crippen LogP contribution in [-0.4, -0.2) is 44.5 Å². The first kappa shape index (κ1) is 24.6. The second-order valence-electron chi connectivity index (χ2n) is 8.86. The molecule has 7 nitrogen and oxygen atoms in total. The molecule has 0 radical (unpaired) electrons. The molecule has 0 unspecified atom stereocenters. The van der Waals surface area contributed by atoms with E-state index in [1.54, 1.807) is 13.0 Å². The van der Waals surface area contributed by atoms with Crippen molar-refractivity contribution in [3.8, 4) is 11.3 Å². The van der Waals surface area contributed by atoms with Crippen LogP contribution < -0.4 is 11.1 Å². The van der Waals surface area contributed by atoms with E-state index in [-0.39, 0.29) is 35.0 Å². The van der Waals surface area contributed by atoms with E-state index in [4.69, 9.17) is 5.73 Å². The molecule has 35 heavy (non-hydrogen) atoms. The zero-order valence-corrected chi connectivity index (χ0v) is 18.9. The number of halogens is 3. The van der Waals surface area contributed by atoms with Gasteiger partial charge in [-0.2, -0.15) is 0 Å². The number of aromatic nitrogens is 2. The standard InChI is InChI=1S/C25H25F3N4O3/c1-13-9-14(10-21(33)25(13,35)12-26)15-7-8-30-11-20(15)32-24(34)23-18(29)5-6-19(31-23)22-16(27)3-2-4-17(22)28/h2-8,11,13-14,21,33,35H,9-10,12,29H2,1H3,(H,32,34)/t13-,14+,21+,25+/m1/s1. The molecule has 0 bridgehead atoms. The Morgan fingerprint density at radius 2 is 1.91 bits per heavy atom. The van der Waals surface area contributed by atoms with E-state index in [0.29, 0.717) is 17.7 Å². The fourth-order valence-corrected chi connectivity index (χ4v) is 4.58. The molecule has 184 valence electrons. The molecule has 0 spiro atoms. The molecule has 0 aliphatic heterocycles. The van der Waals surface area contributed by atoms with Gasteiger partial charge in [0.25, 0.3) is 5.91 Å². The summed E-state index contributed by atoms with van der Waals surface area (Å²) in [6, 6.07) is 7.72. The summed E-state index contributed by atoms with van der Waals surface area (Å²) in [6.45, 7) is 0.595. The maximum absolute atomic E-state index is 14.2. The number of nitrogens with two attached hydrogens (primary N) is 1. The number of nitrogens with zero attached hydrogens (tertiary/aromatic N) is 2. The number of aliphatic hydroxyl groups is 2. The third kappa shape index (κ3) is 4.59. The molecule has 2 aromatic heterocycles. The van der Waals surface area contributed by atoms with Gasteiger partial charge in [-0.15, -0.1) is 0 Å². The van der Waals surface area contributed by atoms with E-state index in [1.807, 2.05) is 0 Å². The van der Waals surface area contributed by atoms with Crippen molar-refractivity contribution in [1.29, 1.82) is 0 Å². The van der Waals surface area contributed by atoms with E-state index in [1.165, 1.54) is 30.6 Å². The highest BCUT2D eigenvalue weighted by Gasteiger charge is 2.47. The van der Waals surface area contributed by atoms with Crippen LogP contribution >= 0.6 is 0 Å². The fraction of sp³-hybridized carbons (Fsp3) is 0.320. The van der Waals surface area contributed by atoms with Crippen LogP contribution in [0.5, 0.6) is 0 Å². The molecule has 3 aromatic rings. The fourth-order valence-electron chi connectivity index (χ4n) is 4.58. The van der Waals surface area contributed by atoms with Crippen LogP contribution in [0, 0.1) is 17.6 Å². The molecule has 4 atom stereocenters. The smallest absolute Gasteiger partial charge is 0.276 e. The highest BCUT2D eigenvalue weighted by molar-refractivity contribution is 6.06. The summed E-state index contributed by atoms with van der Waals surface area (Å²) in [5, 5.41) is 23.6. The van der Waals surface area contributed by atoms with Crippen molar-refractivity contribution in [2.24, 2.45) is 5.92 Å². The average Bonchev–Trinajstić information content (AvgIpc) is 2.83. The van der Waals surface area contributed by atoms with E-state index in [0.717, 1.165) is 12.1 Å². The summed E-state index contributed by atoms with van der Waals surface area (Å²) in [5.41, 5.74) is 4.36. The Labute approximate surface area is 199 Å². The molecule has 1 aromatic carbocycles. The molecule has 4 rings (SSSR count). The van der Waals surface area contributed by atoms with Gasteiger partial charge in [0.2, 0.25) is 0 Å². The number of hydrogen-bond donors (Lipinski definition) is 4. The molecule has 1 aliphatic rings. The molecule has 1 fully saturated rings. The van der Waals surface area contributed by atoms with E-state index >= 15 is 0 Å². The van der Waals surface area contributed by atoms with Crippen molar-refractivity contribution in [2.45, 2.75) is 37.4 Å². The predicted molar refractivity (Wildman–Crippen MR) is 124 cm³/mol. The van der Waals surface area contributed by atoms with Gasteiger partial charge in [-0.05, 0) is 60.6 Å². The van der Waals surface area contributed by atoms with Crippen molar-refractivity contribution in [2.75, 3.05) is 17.7 Å². The SMILES string of the molecule is C[C@@H]1C[C@H](c2ccncc2NC(=O)c2nc(-c3c(F)cccc3F)ccc2N)C[C@H](O)[C@]1(O)CF. The molecule has 1 saturated carbocycles.